The van der Waals surface area contributed by atoms with Crippen LogP contribution >= 0.6 is 0 Å². The van der Waals surface area contributed by atoms with E-state index in [0.717, 1.165) is 11.3 Å². The van der Waals surface area contributed by atoms with E-state index in [-0.39, 0.29) is 12.7 Å². The summed E-state index contributed by atoms with van der Waals surface area (Å²) in [4.78, 5) is 18.1. The molecule has 1 aliphatic heterocycles. The number of nitrogens with zero attached hydrogens (tertiary/aromatic N) is 2. The monoisotopic (exact) mass is 320 g/mol. The number of aliphatic hydroxyl groups is 1. The Hall–Kier alpha value is -2.08. The van der Waals surface area contributed by atoms with Crippen molar-refractivity contribution >= 4 is 11.7 Å². The van der Waals surface area contributed by atoms with Crippen LogP contribution in [-0.2, 0) is 11.3 Å². The SMILES string of the molecule is COc1cc(C2=CCN(C(=O)OC(C)(C)C)CC2)ncc1CO. The van der Waals surface area contributed by atoms with Crippen LogP contribution in [0.3, 0.4) is 0 Å². The number of ether oxygens (including phenoxy) is 2. The van der Waals surface area contributed by atoms with Gasteiger partial charge in [-0.15, -0.1) is 0 Å². The summed E-state index contributed by atoms with van der Waals surface area (Å²) in [5.41, 5.74) is 2.04. The largest absolute Gasteiger partial charge is 0.496 e. The predicted molar refractivity (Wildman–Crippen MR) is 87.1 cm³/mol. The third-order valence-electron chi connectivity index (χ3n) is 3.52. The first-order chi connectivity index (χ1) is 10.8. The second-order valence-electron chi connectivity index (χ2n) is 6.45. The first kappa shape index (κ1) is 17.3. The number of rotatable bonds is 3. The molecule has 6 nitrogen and oxygen atoms in total. The van der Waals surface area contributed by atoms with E-state index in [2.05, 4.69) is 4.98 Å². The Morgan fingerprint density at radius 3 is 2.70 bits per heavy atom. The van der Waals surface area contributed by atoms with Gasteiger partial charge in [0.1, 0.15) is 11.4 Å². The molecular weight excluding hydrogens is 296 g/mol. The number of carbonyl (C=O) groups is 1. The molecule has 0 saturated carbocycles. The first-order valence-electron chi connectivity index (χ1n) is 7.65. The van der Waals surface area contributed by atoms with Gasteiger partial charge in [0, 0.05) is 30.9 Å². The fourth-order valence-corrected chi connectivity index (χ4v) is 2.34. The van der Waals surface area contributed by atoms with E-state index in [9.17, 15) is 9.90 Å². The lowest BCUT2D eigenvalue weighted by molar-refractivity contribution is 0.0270. The van der Waals surface area contributed by atoms with Crippen LogP contribution < -0.4 is 4.74 Å². The summed E-state index contributed by atoms with van der Waals surface area (Å²) in [6.07, 6.45) is 4.01. The number of pyridine rings is 1. The third-order valence-corrected chi connectivity index (χ3v) is 3.52. The lowest BCUT2D eigenvalue weighted by Crippen LogP contribution is -2.39. The van der Waals surface area contributed by atoms with Gasteiger partial charge in [-0.2, -0.15) is 0 Å². The van der Waals surface area contributed by atoms with Crippen molar-refractivity contribution in [1.29, 1.82) is 0 Å². The molecule has 0 bridgehead atoms. The Bertz CT molecular complexity index is 605. The number of methoxy groups -OCH3 is 1. The highest BCUT2D eigenvalue weighted by atomic mass is 16.6. The second-order valence-corrected chi connectivity index (χ2v) is 6.45. The lowest BCUT2D eigenvalue weighted by atomic mass is 10.0. The Labute approximate surface area is 136 Å². The maximum Gasteiger partial charge on any atom is 0.410 e. The summed E-state index contributed by atoms with van der Waals surface area (Å²) in [6.45, 7) is 6.55. The minimum atomic E-state index is -0.490. The van der Waals surface area contributed by atoms with E-state index in [1.54, 1.807) is 18.2 Å². The predicted octanol–water partition coefficient (Wildman–Crippen LogP) is 2.61. The van der Waals surface area contributed by atoms with E-state index in [1.807, 2.05) is 32.9 Å². The summed E-state index contributed by atoms with van der Waals surface area (Å²) in [6, 6.07) is 1.82. The number of aliphatic hydroxyl groups excluding tert-OH is 1. The molecule has 23 heavy (non-hydrogen) atoms. The van der Waals surface area contributed by atoms with Crippen LogP contribution in [0.5, 0.6) is 5.75 Å². The summed E-state index contributed by atoms with van der Waals surface area (Å²) < 4.78 is 10.6. The standard InChI is InChI=1S/C17H24N2O4/c1-17(2,3)23-16(21)19-7-5-12(6-8-19)14-9-15(22-4)13(11-20)10-18-14/h5,9-10,20H,6-8,11H2,1-4H3. The maximum atomic E-state index is 12.1. The van der Waals surface area contributed by atoms with E-state index in [1.165, 1.54) is 0 Å². The molecule has 1 aliphatic rings. The molecule has 0 spiro atoms. The zero-order chi connectivity index (χ0) is 17.0. The average molecular weight is 320 g/mol. The molecule has 0 radical (unpaired) electrons. The molecule has 0 aromatic carbocycles. The molecule has 0 fully saturated rings. The molecular formula is C17H24N2O4. The molecule has 2 rings (SSSR count). The second kappa shape index (κ2) is 7.00. The number of hydrogen-bond donors (Lipinski definition) is 1. The van der Waals surface area contributed by atoms with Gasteiger partial charge in [0.2, 0.25) is 0 Å². The van der Waals surface area contributed by atoms with Crippen molar-refractivity contribution in [3.8, 4) is 5.75 Å². The summed E-state index contributed by atoms with van der Waals surface area (Å²) in [5, 5.41) is 9.25. The van der Waals surface area contributed by atoms with Crippen molar-refractivity contribution in [3.05, 3.63) is 29.6 Å². The Kier molecular flexibility index (Phi) is 5.26. The van der Waals surface area contributed by atoms with E-state index >= 15 is 0 Å². The van der Waals surface area contributed by atoms with E-state index in [0.29, 0.717) is 30.8 Å². The smallest absolute Gasteiger partial charge is 0.410 e. The fourth-order valence-electron chi connectivity index (χ4n) is 2.34. The molecule has 6 heteroatoms. The topological polar surface area (TPSA) is 71.9 Å². The van der Waals surface area contributed by atoms with Crippen molar-refractivity contribution in [3.63, 3.8) is 0 Å². The van der Waals surface area contributed by atoms with Crippen LogP contribution in [0.1, 0.15) is 38.4 Å². The zero-order valence-corrected chi connectivity index (χ0v) is 14.1. The molecule has 1 amide bonds. The van der Waals surface area contributed by atoms with Gasteiger partial charge in [-0.3, -0.25) is 4.98 Å². The molecule has 1 aromatic heterocycles. The van der Waals surface area contributed by atoms with Crippen LogP contribution in [0.4, 0.5) is 4.79 Å². The Morgan fingerprint density at radius 1 is 1.43 bits per heavy atom. The van der Waals surface area contributed by atoms with Gasteiger partial charge in [0.15, 0.2) is 0 Å². The average Bonchev–Trinajstić information content (AvgIpc) is 2.52. The Morgan fingerprint density at radius 2 is 2.17 bits per heavy atom. The van der Waals surface area contributed by atoms with Gasteiger partial charge >= 0.3 is 6.09 Å². The molecule has 0 saturated heterocycles. The highest BCUT2D eigenvalue weighted by molar-refractivity contribution is 5.72. The van der Waals surface area contributed by atoms with Gasteiger partial charge in [-0.25, -0.2) is 4.79 Å². The van der Waals surface area contributed by atoms with Crippen molar-refractivity contribution in [1.82, 2.24) is 9.88 Å². The number of aromatic nitrogens is 1. The van der Waals surface area contributed by atoms with Crippen molar-refractivity contribution in [2.45, 2.75) is 39.4 Å². The maximum absolute atomic E-state index is 12.1. The molecule has 2 heterocycles. The van der Waals surface area contributed by atoms with Gasteiger partial charge in [-0.1, -0.05) is 6.08 Å². The normalized spacial score (nSPS) is 15.2. The summed E-state index contributed by atoms with van der Waals surface area (Å²) in [5.74, 6) is 0.618. The molecule has 0 unspecified atom stereocenters. The Balaban J connectivity index is 2.08. The van der Waals surface area contributed by atoms with Gasteiger partial charge < -0.3 is 19.5 Å². The van der Waals surface area contributed by atoms with E-state index < -0.39 is 5.60 Å². The summed E-state index contributed by atoms with van der Waals surface area (Å²) in [7, 11) is 1.57. The molecule has 1 aromatic rings. The highest BCUT2D eigenvalue weighted by Gasteiger charge is 2.24. The zero-order valence-electron chi connectivity index (χ0n) is 14.1. The highest BCUT2D eigenvalue weighted by Crippen LogP contribution is 2.26. The molecule has 126 valence electrons. The number of hydrogen-bond acceptors (Lipinski definition) is 5. The molecule has 1 N–H and O–H groups in total. The molecule has 0 atom stereocenters. The first-order valence-corrected chi connectivity index (χ1v) is 7.65. The van der Waals surface area contributed by atoms with Crippen LogP contribution in [0.25, 0.3) is 5.57 Å². The van der Waals surface area contributed by atoms with Gasteiger partial charge in [-0.05, 0) is 32.8 Å². The van der Waals surface area contributed by atoms with Crippen molar-refractivity contribution in [2.75, 3.05) is 20.2 Å². The fraction of sp³-hybridized carbons (Fsp3) is 0.529. The minimum absolute atomic E-state index is 0.109. The third kappa shape index (κ3) is 4.45. The van der Waals surface area contributed by atoms with Gasteiger partial charge in [0.25, 0.3) is 0 Å². The van der Waals surface area contributed by atoms with Crippen molar-refractivity contribution in [2.24, 2.45) is 0 Å². The van der Waals surface area contributed by atoms with Crippen LogP contribution in [0.15, 0.2) is 18.3 Å². The quantitative estimate of drug-likeness (QED) is 0.927. The number of amides is 1. The van der Waals surface area contributed by atoms with Crippen molar-refractivity contribution < 1.29 is 19.4 Å². The van der Waals surface area contributed by atoms with E-state index in [4.69, 9.17) is 9.47 Å². The van der Waals surface area contributed by atoms with Crippen LogP contribution in [-0.4, -0.2) is 46.9 Å². The summed E-state index contributed by atoms with van der Waals surface area (Å²) >= 11 is 0. The minimum Gasteiger partial charge on any atom is -0.496 e. The van der Waals surface area contributed by atoms with Crippen LogP contribution in [0, 0.1) is 0 Å². The van der Waals surface area contributed by atoms with Gasteiger partial charge in [0.05, 0.1) is 19.4 Å². The van der Waals surface area contributed by atoms with Crippen LogP contribution in [0.2, 0.25) is 0 Å². The number of carbonyl (C=O) groups excluding carboxylic acids is 1. The molecule has 0 aliphatic carbocycles. The lowest BCUT2D eigenvalue weighted by Gasteiger charge is -2.29.